The fourth-order valence-corrected chi connectivity index (χ4v) is 4.73. The molecule has 38 heavy (non-hydrogen) atoms. The van der Waals surface area contributed by atoms with Gasteiger partial charge >= 0.3 is 6.03 Å². The van der Waals surface area contributed by atoms with E-state index in [1.165, 1.54) is 25.3 Å². The number of methoxy groups -OCH3 is 1. The van der Waals surface area contributed by atoms with Crippen molar-refractivity contribution < 1.29 is 33.3 Å². The van der Waals surface area contributed by atoms with Gasteiger partial charge in [0.15, 0.2) is 23.0 Å². The van der Waals surface area contributed by atoms with Crippen molar-refractivity contribution in [2.24, 2.45) is 0 Å². The van der Waals surface area contributed by atoms with Crippen LogP contribution in [0.4, 0.5) is 10.5 Å². The summed E-state index contributed by atoms with van der Waals surface area (Å²) in [7, 11) is 1.47. The molecule has 0 spiro atoms. The van der Waals surface area contributed by atoms with Crippen LogP contribution in [0, 0.1) is 14.9 Å². The molecular formula is C27H18IN3O7. The number of urea groups is 1. The van der Waals surface area contributed by atoms with E-state index in [1.54, 1.807) is 36.4 Å². The fourth-order valence-electron chi connectivity index (χ4n) is 3.95. The Morgan fingerprint density at radius 3 is 2.68 bits per heavy atom. The van der Waals surface area contributed by atoms with E-state index in [1.807, 2.05) is 6.07 Å². The molecule has 3 aromatic rings. The molecule has 1 fully saturated rings. The van der Waals surface area contributed by atoms with Gasteiger partial charge in [-0.05, 0) is 64.6 Å². The number of carbonyl (C=O) groups excluding carboxylic acids is 3. The molecule has 2 aliphatic heterocycles. The molecule has 1 saturated heterocycles. The summed E-state index contributed by atoms with van der Waals surface area (Å²) in [6.07, 6.45) is 1.38. The molecule has 10 nitrogen and oxygen atoms in total. The summed E-state index contributed by atoms with van der Waals surface area (Å²) in [4.78, 5) is 39.4. The highest BCUT2D eigenvalue weighted by Gasteiger charge is 2.37. The number of amides is 4. The summed E-state index contributed by atoms with van der Waals surface area (Å²) in [6, 6.07) is 16.3. The lowest BCUT2D eigenvalue weighted by Gasteiger charge is -2.26. The van der Waals surface area contributed by atoms with Gasteiger partial charge in [0.1, 0.15) is 12.2 Å². The third-order valence-electron chi connectivity index (χ3n) is 5.79. The third kappa shape index (κ3) is 4.73. The lowest BCUT2D eigenvalue weighted by atomic mass is 10.1. The second-order valence-corrected chi connectivity index (χ2v) is 9.25. The lowest BCUT2D eigenvalue weighted by Crippen LogP contribution is -2.54. The highest BCUT2D eigenvalue weighted by atomic mass is 127. The smallest absolute Gasteiger partial charge is 0.335 e. The quantitative estimate of drug-likeness (QED) is 0.247. The normalized spacial score (nSPS) is 15.3. The Hall–Kier alpha value is -4.57. The maximum atomic E-state index is 13.3. The molecule has 0 aliphatic carbocycles. The van der Waals surface area contributed by atoms with Gasteiger partial charge < -0.3 is 18.9 Å². The maximum absolute atomic E-state index is 13.3. The van der Waals surface area contributed by atoms with Gasteiger partial charge in [-0.2, -0.15) is 5.26 Å². The standard InChI is InChI=1S/C27H18IN3O7/c1-35-23-10-15(9-20(28)24(23)36-13-17-5-3-2-4-16(17)12-29)8-19-25(32)30-27(34)31(26(19)33)18-6-7-21-22(11-18)38-14-37-21/h2-11H,13-14H2,1H3,(H,30,32,34)/b19-8+. The molecule has 0 bridgehead atoms. The van der Waals surface area contributed by atoms with E-state index in [0.717, 1.165) is 10.5 Å². The number of rotatable bonds is 6. The number of nitriles is 1. The zero-order valence-electron chi connectivity index (χ0n) is 19.8. The van der Waals surface area contributed by atoms with Gasteiger partial charge in [-0.25, -0.2) is 9.69 Å². The van der Waals surface area contributed by atoms with Gasteiger partial charge in [-0.3, -0.25) is 14.9 Å². The Kier molecular flexibility index (Phi) is 6.89. The Morgan fingerprint density at radius 1 is 1.11 bits per heavy atom. The zero-order chi connectivity index (χ0) is 26.8. The van der Waals surface area contributed by atoms with E-state index in [4.69, 9.17) is 18.9 Å². The van der Waals surface area contributed by atoms with Gasteiger partial charge in [0.2, 0.25) is 6.79 Å². The number of nitrogens with zero attached hydrogens (tertiary/aromatic N) is 2. The van der Waals surface area contributed by atoms with Crippen LogP contribution in [0.3, 0.4) is 0 Å². The summed E-state index contributed by atoms with van der Waals surface area (Å²) < 4.78 is 22.7. The first-order valence-electron chi connectivity index (χ1n) is 11.2. The van der Waals surface area contributed by atoms with Crippen molar-refractivity contribution in [3.05, 3.63) is 80.4 Å². The topological polar surface area (TPSA) is 127 Å². The summed E-state index contributed by atoms with van der Waals surface area (Å²) >= 11 is 2.06. The van der Waals surface area contributed by atoms with Crippen molar-refractivity contribution in [3.63, 3.8) is 0 Å². The van der Waals surface area contributed by atoms with E-state index >= 15 is 0 Å². The SMILES string of the molecule is COc1cc(/C=C2\C(=O)NC(=O)N(c3ccc4c(c3)OCO4)C2=O)cc(I)c1OCc1ccccc1C#N. The molecule has 1 N–H and O–H groups in total. The summed E-state index contributed by atoms with van der Waals surface area (Å²) in [5.74, 6) is 0.0768. The minimum absolute atomic E-state index is 0.0353. The number of halogens is 1. The predicted molar refractivity (Wildman–Crippen MR) is 143 cm³/mol. The van der Waals surface area contributed by atoms with Crippen LogP contribution in [-0.2, 0) is 16.2 Å². The van der Waals surface area contributed by atoms with Gasteiger partial charge in [0.05, 0.1) is 28.0 Å². The van der Waals surface area contributed by atoms with E-state index < -0.39 is 17.8 Å². The minimum Gasteiger partial charge on any atom is -0.493 e. The molecule has 2 heterocycles. The second kappa shape index (κ2) is 10.4. The molecule has 0 radical (unpaired) electrons. The van der Waals surface area contributed by atoms with Gasteiger partial charge in [0, 0.05) is 11.6 Å². The second-order valence-electron chi connectivity index (χ2n) is 8.09. The third-order valence-corrected chi connectivity index (χ3v) is 6.59. The van der Waals surface area contributed by atoms with Gasteiger partial charge in [-0.15, -0.1) is 0 Å². The number of ether oxygens (including phenoxy) is 4. The Bertz CT molecular complexity index is 1560. The van der Waals surface area contributed by atoms with E-state index in [-0.39, 0.29) is 24.7 Å². The van der Waals surface area contributed by atoms with Crippen LogP contribution in [0.2, 0.25) is 0 Å². The number of benzene rings is 3. The predicted octanol–water partition coefficient (Wildman–Crippen LogP) is 4.15. The summed E-state index contributed by atoms with van der Waals surface area (Å²) in [6.45, 7) is 0.178. The van der Waals surface area contributed by atoms with Crippen LogP contribution < -0.4 is 29.2 Å². The molecule has 190 valence electrons. The number of hydrogen-bond donors (Lipinski definition) is 1. The molecule has 5 rings (SSSR count). The Morgan fingerprint density at radius 2 is 1.89 bits per heavy atom. The van der Waals surface area contributed by atoms with Crippen LogP contribution in [0.5, 0.6) is 23.0 Å². The number of fused-ring (bicyclic) bond motifs is 1. The molecule has 0 atom stereocenters. The van der Waals surface area contributed by atoms with E-state index in [0.29, 0.717) is 37.7 Å². The highest BCUT2D eigenvalue weighted by Crippen LogP contribution is 2.38. The minimum atomic E-state index is -0.871. The molecule has 0 unspecified atom stereocenters. The molecule has 3 aromatic carbocycles. The van der Waals surface area contributed by atoms with Gasteiger partial charge in [-0.1, -0.05) is 18.2 Å². The molecule has 4 amide bonds. The molecule has 0 aromatic heterocycles. The number of hydrogen-bond acceptors (Lipinski definition) is 8. The molecule has 0 saturated carbocycles. The molecule has 2 aliphatic rings. The zero-order valence-corrected chi connectivity index (χ0v) is 22.0. The summed E-state index contributed by atoms with van der Waals surface area (Å²) in [5.41, 5.74) is 1.69. The van der Waals surface area contributed by atoms with Crippen molar-refractivity contribution in [3.8, 4) is 29.1 Å². The fraction of sp³-hybridized carbons (Fsp3) is 0.111. The van der Waals surface area contributed by atoms with Crippen molar-refractivity contribution in [2.45, 2.75) is 6.61 Å². The van der Waals surface area contributed by atoms with Crippen LogP contribution in [0.1, 0.15) is 16.7 Å². The maximum Gasteiger partial charge on any atom is 0.335 e. The average Bonchev–Trinajstić information content (AvgIpc) is 3.38. The largest absolute Gasteiger partial charge is 0.493 e. The van der Waals surface area contributed by atoms with Crippen LogP contribution in [0.15, 0.2) is 60.2 Å². The molecule has 11 heteroatoms. The van der Waals surface area contributed by atoms with Gasteiger partial charge in [0.25, 0.3) is 11.8 Å². The number of barbiturate groups is 1. The monoisotopic (exact) mass is 623 g/mol. The number of imide groups is 2. The Labute approximate surface area is 230 Å². The van der Waals surface area contributed by atoms with Crippen molar-refractivity contribution >= 4 is 52.2 Å². The van der Waals surface area contributed by atoms with Crippen molar-refractivity contribution in [1.29, 1.82) is 5.26 Å². The lowest BCUT2D eigenvalue weighted by molar-refractivity contribution is -0.122. The first kappa shape index (κ1) is 25.1. The Balaban J connectivity index is 1.44. The van der Waals surface area contributed by atoms with Crippen LogP contribution in [-0.4, -0.2) is 31.7 Å². The molecular weight excluding hydrogens is 605 g/mol. The first-order valence-corrected chi connectivity index (χ1v) is 12.3. The first-order chi connectivity index (χ1) is 18.4. The van der Waals surface area contributed by atoms with Crippen molar-refractivity contribution in [2.75, 3.05) is 18.8 Å². The van der Waals surface area contributed by atoms with E-state index in [2.05, 4.69) is 34.0 Å². The number of carbonyl (C=O) groups is 3. The number of nitrogens with one attached hydrogen (secondary N) is 1. The van der Waals surface area contributed by atoms with Crippen molar-refractivity contribution in [1.82, 2.24) is 5.32 Å². The summed E-state index contributed by atoms with van der Waals surface area (Å²) in [5, 5.41) is 11.5. The highest BCUT2D eigenvalue weighted by molar-refractivity contribution is 14.1. The number of anilines is 1. The van der Waals surface area contributed by atoms with Crippen LogP contribution in [0.25, 0.3) is 6.08 Å². The average molecular weight is 623 g/mol. The van der Waals surface area contributed by atoms with E-state index in [9.17, 15) is 19.6 Å². The van der Waals surface area contributed by atoms with Crippen LogP contribution >= 0.6 is 22.6 Å².